The number of rotatable bonds is 13. The highest BCUT2D eigenvalue weighted by atomic mass is 35.5. The molecule has 4 aromatic carbocycles. The van der Waals surface area contributed by atoms with Gasteiger partial charge in [-0.15, -0.1) is 0 Å². The quantitative estimate of drug-likeness (QED) is 0.155. The second-order valence-corrected chi connectivity index (χ2v) is 14.1. The van der Waals surface area contributed by atoms with Crippen molar-refractivity contribution in [3.05, 3.63) is 129 Å². The lowest BCUT2D eigenvalue weighted by atomic mass is 10.0. The van der Waals surface area contributed by atoms with Crippen molar-refractivity contribution in [2.75, 3.05) is 10.8 Å². The Bertz CT molecular complexity index is 1770. The molecular weight excluding hydrogens is 665 g/mol. The third-order valence-electron chi connectivity index (χ3n) is 7.66. The summed E-state index contributed by atoms with van der Waals surface area (Å²) in [5.74, 6) is -0.954. The Morgan fingerprint density at radius 3 is 2.07 bits per heavy atom. The smallest absolute Gasteiger partial charge is 0.264 e. The van der Waals surface area contributed by atoms with Gasteiger partial charge in [0, 0.05) is 24.0 Å². The number of sulfonamides is 1. The third kappa shape index (κ3) is 8.82. The van der Waals surface area contributed by atoms with Crippen molar-refractivity contribution in [2.24, 2.45) is 0 Å². The fourth-order valence-electron chi connectivity index (χ4n) is 4.82. The van der Waals surface area contributed by atoms with Crippen molar-refractivity contribution in [3.63, 3.8) is 0 Å². The van der Waals surface area contributed by atoms with E-state index in [2.05, 4.69) is 5.32 Å². The summed E-state index contributed by atoms with van der Waals surface area (Å²) in [6, 6.07) is 25.9. The van der Waals surface area contributed by atoms with Crippen molar-refractivity contribution in [3.8, 4) is 0 Å². The van der Waals surface area contributed by atoms with Crippen LogP contribution in [0.4, 0.5) is 5.69 Å². The minimum absolute atomic E-state index is 0.00544. The van der Waals surface area contributed by atoms with E-state index >= 15 is 0 Å². The van der Waals surface area contributed by atoms with Crippen LogP contribution in [0.3, 0.4) is 0 Å². The van der Waals surface area contributed by atoms with Crippen LogP contribution in [0.15, 0.2) is 102 Å². The van der Waals surface area contributed by atoms with Crippen molar-refractivity contribution in [2.45, 2.75) is 57.1 Å². The van der Waals surface area contributed by atoms with Crippen molar-refractivity contribution in [1.29, 1.82) is 0 Å². The van der Waals surface area contributed by atoms with E-state index in [4.69, 9.17) is 34.8 Å². The first-order valence-electron chi connectivity index (χ1n) is 14.8. The monoisotopic (exact) mass is 699 g/mol. The van der Waals surface area contributed by atoms with Crippen LogP contribution in [0.2, 0.25) is 15.1 Å². The highest BCUT2D eigenvalue weighted by molar-refractivity contribution is 7.92. The molecule has 0 saturated carbocycles. The molecule has 0 fully saturated rings. The molecular formula is C35H36Cl3N3O4S. The molecule has 0 spiro atoms. The first kappa shape index (κ1) is 35.3. The van der Waals surface area contributed by atoms with Gasteiger partial charge in [0.05, 0.1) is 20.6 Å². The highest BCUT2D eigenvalue weighted by Gasteiger charge is 2.35. The van der Waals surface area contributed by atoms with E-state index in [9.17, 15) is 18.0 Å². The first-order chi connectivity index (χ1) is 21.9. The summed E-state index contributed by atoms with van der Waals surface area (Å²) in [6.45, 7) is 5.01. The Kier molecular flexibility index (Phi) is 12.1. The van der Waals surface area contributed by atoms with Crippen LogP contribution in [0.1, 0.15) is 37.0 Å². The number of hydrogen-bond donors (Lipinski definition) is 1. The Morgan fingerprint density at radius 2 is 1.46 bits per heavy atom. The molecule has 2 amide bonds. The average Bonchev–Trinajstić information content (AvgIpc) is 3.05. The standard InChI is InChI=1S/C35H36Cl3N3O4S/c1-4-25(3)39-35(43)33(20-26-11-7-5-8-12-26)40(22-27-16-18-30(36)32(38)19-27)34(42)23-41(28-17-15-24(2)31(37)21-28)46(44,45)29-13-9-6-10-14-29/h5-19,21,25,33H,4,20,22-23H2,1-3H3,(H,39,43)/t25-,33-/m0/s1. The van der Waals surface area contributed by atoms with Gasteiger partial charge in [-0.05, 0) is 73.4 Å². The number of nitrogens with zero attached hydrogens (tertiary/aromatic N) is 2. The van der Waals surface area contributed by atoms with Gasteiger partial charge in [0.1, 0.15) is 12.6 Å². The zero-order valence-electron chi connectivity index (χ0n) is 25.8. The second kappa shape index (κ2) is 15.8. The number of amides is 2. The summed E-state index contributed by atoms with van der Waals surface area (Å²) in [5, 5.41) is 4.00. The number of nitrogens with one attached hydrogen (secondary N) is 1. The fourth-order valence-corrected chi connectivity index (χ4v) is 6.74. The van der Waals surface area contributed by atoms with Crippen molar-refractivity contribution < 1.29 is 18.0 Å². The van der Waals surface area contributed by atoms with E-state index in [0.29, 0.717) is 22.0 Å². The molecule has 242 valence electrons. The molecule has 0 radical (unpaired) electrons. The lowest BCUT2D eigenvalue weighted by Crippen LogP contribution is -2.54. The number of benzene rings is 4. The Morgan fingerprint density at radius 1 is 0.804 bits per heavy atom. The summed E-state index contributed by atoms with van der Waals surface area (Å²) in [4.78, 5) is 29.9. The Labute approximate surface area is 286 Å². The Balaban J connectivity index is 1.83. The SMILES string of the molecule is CC[C@H](C)NC(=O)[C@H](Cc1ccccc1)N(Cc1ccc(Cl)c(Cl)c1)C(=O)CN(c1ccc(C)c(Cl)c1)S(=O)(=O)c1ccccc1. The molecule has 0 aliphatic heterocycles. The lowest BCUT2D eigenvalue weighted by Gasteiger charge is -2.34. The molecule has 7 nitrogen and oxygen atoms in total. The molecule has 46 heavy (non-hydrogen) atoms. The third-order valence-corrected chi connectivity index (χ3v) is 10.6. The van der Waals surface area contributed by atoms with Gasteiger partial charge >= 0.3 is 0 Å². The predicted molar refractivity (Wildman–Crippen MR) is 186 cm³/mol. The summed E-state index contributed by atoms with van der Waals surface area (Å²) >= 11 is 19.0. The van der Waals surface area contributed by atoms with Crippen molar-refractivity contribution in [1.82, 2.24) is 10.2 Å². The van der Waals surface area contributed by atoms with Crippen LogP contribution < -0.4 is 9.62 Å². The molecule has 4 rings (SSSR count). The lowest BCUT2D eigenvalue weighted by molar-refractivity contribution is -0.140. The molecule has 0 unspecified atom stereocenters. The maximum absolute atomic E-state index is 14.6. The average molecular weight is 701 g/mol. The normalized spacial score (nSPS) is 12.7. The number of carbonyl (C=O) groups is 2. The maximum atomic E-state index is 14.6. The molecule has 0 aromatic heterocycles. The maximum Gasteiger partial charge on any atom is 0.264 e. The van der Waals surface area contributed by atoms with Gasteiger partial charge in [-0.1, -0.05) is 102 Å². The zero-order chi connectivity index (χ0) is 33.4. The molecule has 0 heterocycles. The summed E-state index contributed by atoms with van der Waals surface area (Å²) in [5.41, 5.74) is 2.41. The highest BCUT2D eigenvalue weighted by Crippen LogP contribution is 2.29. The number of aryl methyl sites for hydroxylation is 1. The molecule has 1 N–H and O–H groups in total. The van der Waals surface area contributed by atoms with Gasteiger partial charge in [0.2, 0.25) is 11.8 Å². The number of anilines is 1. The van der Waals surface area contributed by atoms with E-state index in [1.54, 1.807) is 55.5 Å². The number of hydrogen-bond acceptors (Lipinski definition) is 4. The first-order valence-corrected chi connectivity index (χ1v) is 17.4. The molecule has 0 aliphatic rings. The number of carbonyl (C=O) groups excluding carboxylic acids is 2. The molecule has 2 atom stereocenters. The molecule has 0 bridgehead atoms. The zero-order valence-corrected chi connectivity index (χ0v) is 28.9. The van der Waals surface area contributed by atoms with Gasteiger partial charge < -0.3 is 10.2 Å². The fraction of sp³-hybridized carbons (Fsp3) is 0.257. The van der Waals surface area contributed by atoms with Crippen LogP contribution in [0.5, 0.6) is 0 Å². The molecule has 11 heteroatoms. The van der Waals surface area contributed by atoms with Gasteiger partial charge in [-0.2, -0.15) is 0 Å². The predicted octanol–water partition coefficient (Wildman–Crippen LogP) is 7.71. The largest absolute Gasteiger partial charge is 0.352 e. The van der Waals surface area contributed by atoms with Gasteiger partial charge in [-0.3, -0.25) is 13.9 Å². The second-order valence-electron chi connectivity index (χ2n) is 11.1. The van der Waals surface area contributed by atoms with Crippen LogP contribution in [0.25, 0.3) is 0 Å². The van der Waals surface area contributed by atoms with E-state index in [1.807, 2.05) is 44.2 Å². The molecule has 0 aliphatic carbocycles. The van der Waals surface area contributed by atoms with E-state index in [0.717, 1.165) is 15.4 Å². The molecule has 0 saturated heterocycles. The molecule has 4 aromatic rings. The minimum Gasteiger partial charge on any atom is -0.352 e. The van der Waals surface area contributed by atoms with Crippen LogP contribution in [-0.4, -0.2) is 43.8 Å². The van der Waals surface area contributed by atoms with Gasteiger partial charge in [0.25, 0.3) is 10.0 Å². The summed E-state index contributed by atoms with van der Waals surface area (Å²) < 4.78 is 29.2. The van der Waals surface area contributed by atoms with Crippen molar-refractivity contribution >= 4 is 62.3 Å². The van der Waals surface area contributed by atoms with E-state index in [-0.39, 0.29) is 40.5 Å². The van der Waals surface area contributed by atoms with Crippen LogP contribution >= 0.6 is 34.8 Å². The number of halogens is 3. The minimum atomic E-state index is -4.24. The van der Waals surface area contributed by atoms with Crippen LogP contribution in [-0.2, 0) is 32.6 Å². The van der Waals surface area contributed by atoms with E-state index < -0.39 is 28.5 Å². The van der Waals surface area contributed by atoms with Gasteiger partial charge in [-0.25, -0.2) is 8.42 Å². The summed E-state index contributed by atoms with van der Waals surface area (Å²) in [7, 11) is -4.24. The van der Waals surface area contributed by atoms with Gasteiger partial charge in [0.15, 0.2) is 0 Å². The van der Waals surface area contributed by atoms with Crippen LogP contribution in [0, 0.1) is 6.92 Å². The Hall–Kier alpha value is -3.56. The van der Waals surface area contributed by atoms with E-state index in [1.165, 1.54) is 23.1 Å². The topological polar surface area (TPSA) is 86.8 Å². The summed E-state index contributed by atoms with van der Waals surface area (Å²) in [6.07, 6.45) is 0.875.